The number of carboxylic acids is 1. The molecule has 5 nitrogen and oxygen atoms in total. The van der Waals surface area contributed by atoms with Crippen molar-refractivity contribution in [3.05, 3.63) is 17.0 Å². The fourth-order valence-corrected chi connectivity index (χ4v) is 3.17. The van der Waals surface area contributed by atoms with E-state index in [-0.39, 0.29) is 17.8 Å². The minimum Gasteiger partial charge on any atom is -0.481 e. The van der Waals surface area contributed by atoms with Crippen molar-refractivity contribution in [3.8, 4) is 6.07 Å². The predicted octanol–water partition coefficient (Wildman–Crippen LogP) is 2.99. The van der Waals surface area contributed by atoms with E-state index in [1.807, 2.05) is 4.68 Å². The normalized spacial score (nSPS) is 18.1. The van der Waals surface area contributed by atoms with Crippen molar-refractivity contribution in [2.45, 2.75) is 70.8 Å². The fourth-order valence-electron chi connectivity index (χ4n) is 3.17. The Kier molecular flexibility index (Phi) is 4.36. The van der Waals surface area contributed by atoms with Crippen molar-refractivity contribution in [1.29, 1.82) is 5.26 Å². The lowest BCUT2D eigenvalue weighted by atomic mass is 9.78. The number of nitrogens with zero attached hydrogens (tertiary/aromatic N) is 3. The zero-order chi connectivity index (χ0) is 15.6. The Morgan fingerprint density at radius 3 is 2.81 bits per heavy atom. The number of carbonyl (C=O) groups is 1. The summed E-state index contributed by atoms with van der Waals surface area (Å²) >= 11 is 0. The van der Waals surface area contributed by atoms with Crippen LogP contribution in [-0.4, -0.2) is 20.9 Å². The first-order chi connectivity index (χ1) is 9.84. The van der Waals surface area contributed by atoms with E-state index in [2.05, 4.69) is 26.8 Å². The summed E-state index contributed by atoms with van der Waals surface area (Å²) in [5.41, 5.74) is 3.17. The lowest BCUT2D eigenvalue weighted by molar-refractivity contribution is -0.137. The quantitative estimate of drug-likeness (QED) is 0.924. The van der Waals surface area contributed by atoms with E-state index in [9.17, 15) is 4.79 Å². The molecular weight excluding hydrogens is 266 g/mol. The van der Waals surface area contributed by atoms with E-state index in [1.165, 1.54) is 0 Å². The SMILES string of the molecule is CC(C)(C)c1nn(CCC#N)c2c1C(CC(=O)O)CCC2. The molecule has 0 aliphatic heterocycles. The summed E-state index contributed by atoms with van der Waals surface area (Å²) in [6.45, 7) is 6.92. The molecule has 1 aromatic heterocycles. The van der Waals surface area contributed by atoms with Gasteiger partial charge in [-0.1, -0.05) is 20.8 Å². The highest BCUT2D eigenvalue weighted by molar-refractivity contribution is 5.68. The number of nitriles is 1. The van der Waals surface area contributed by atoms with Gasteiger partial charge in [-0.15, -0.1) is 0 Å². The maximum absolute atomic E-state index is 11.1. The van der Waals surface area contributed by atoms with Crippen molar-refractivity contribution >= 4 is 5.97 Å². The molecule has 5 heteroatoms. The van der Waals surface area contributed by atoms with Gasteiger partial charge in [-0.2, -0.15) is 10.4 Å². The van der Waals surface area contributed by atoms with E-state index >= 15 is 0 Å². The zero-order valence-corrected chi connectivity index (χ0v) is 13.0. The van der Waals surface area contributed by atoms with Crippen molar-refractivity contribution in [1.82, 2.24) is 9.78 Å². The largest absolute Gasteiger partial charge is 0.481 e. The number of aryl methyl sites for hydroxylation is 1. The van der Waals surface area contributed by atoms with Crippen LogP contribution >= 0.6 is 0 Å². The summed E-state index contributed by atoms with van der Waals surface area (Å²) in [5.74, 6) is -0.700. The number of rotatable bonds is 4. The first-order valence-electron chi connectivity index (χ1n) is 7.53. The Hall–Kier alpha value is -1.83. The summed E-state index contributed by atoms with van der Waals surface area (Å²) in [4.78, 5) is 11.1. The standard InChI is InChI=1S/C16H23N3O2/c1-16(2,3)15-14-11(10-13(20)21)6-4-7-12(14)19(18-15)9-5-8-17/h11H,4-7,9-10H2,1-3H3,(H,20,21). The van der Waals surface area contributed by atoms with E-state index < -0.39 is 5.97 Å². The average molecular weight is 289 g/mol. The van der Waals surface area contributed by atoms with Gasteiger partial charge in [0.2, 0.25) is 0 Å². The Balaban J connectivity index is 2.49. The van der Waals surface area contributed by atoms with Crippen LogP contribution in [0.3, 0.4) is 0 Å². The molecule has 1 unspecified atom stereocenters. The fraction of sp³-hybridized carbons (Fsp3) is 0.688. The first kappa shape index (κ1) is 15.6. The Labute approximate surface area is 125 Å². The smallest absolute Gasteiger partial charge is 0.303 e. The van der Waals surface area contributed by atoms with Crippen LogP contribution in [0.5, 0.6) is 0 Å². The summed E-state index contributed by atoms with van der Waals surface area (Å²) in [6, 6.07) is 2.16. The van der Waals surface area contributed by atoms with Gasteiger partial charge in [-0.05, 0) is 25.2 Å². The monoisotopic (exact) mass is 289 g/mol. The van der Waals surface area contributed by atoms with Gasteiger partial charge in [-0.3, -0.25) is 9.48 Å². The van der Waals surface area contributed by atoms with Crippen molar-refractivity contribution < 1.29 is 9.90 Å². The second-order valence-corrected chi connectivity index (χ2v) is 6.78. The van der Waals surface area contributed by atoms with Crippen LogP contribution in [0, 0.1) is 11.3 Å². The number of fused-ring (bicyclic) bond motifs is 1. The molecule has 1 aliphatic rings. The lowest BCUT2D eigenvalue weighted by Gasteiger charge is -2.26. The molecule has 0 aromatic carbocycles. The molecular formula is C16H23N3O2. The van der Waals surface area contributed by atoms with Crippen LogP contribution in [0.2, 0.25) is 0 Å². The van der Waals surface area contributed by atoms with Gasteiger partial charge < -0.3 is 5.11 Å². The third-order valence-corrected chi connectivity index (χ3v) is 4.04. The summed E-state index contributed by atoms with van der Waals surface area (Å²) in [7, 11) is 0. The topological polar surface area (TPSA) is 78.9 Å². The molecule has 0 spiro atoms. The Morgan fingerprint density at radius 1 is 1.52 bits per heavy atom. The van der Waals surface area contributed by atoms with Crippen molar-refractivity contribution in [2.75, 3.05) is 0 Å². The third-order valence-electron chi connectivity index (χ3n) is 4.04. The van der Waals surface area contributed by atoms with Crippen LogP contribution in [0.4, 0.5) is 0 Å². The van der Waals surface area contributed by atoms with Gasteiger partial charge in [0.15, 0.2) is 0 Å². The van der Waals surface area contributed by atoms with Crippen LogP contribution in [0.1, 0.15) is 69.3 Å². The number of aromatic nitrogens is 2. The van der Waals surface area contributed by atoms with Gasteiger partial charge in [0.05, 0.1) is 31.1 Å². The highest BCUT2D eigenvalue weighted by Crippen LogP contribution is 2.40. The number of aliphatic carboxylic acids is 1. The van der Waals surface area contributed by atoms with E-state index in [4.69, 9.17) is 15.5 Å². The van der Waals surface area contributed by atoms with Gasteiger partial charge in [0.1, 0.15) is 0 Å². The highest BCUT2D eigenvalue weighted by Gasteiger charge is 2.34. The summed E-state index contributed by atoms with van der Waals surface area (Å²) in [6.07, 6.45) is 3.43. The van der Waals surface area contributed by atoms with Gasteiger partial charge in [0.25, 0.3) is 0 Å². The lowest BCUT2D eigenvalue weighted by Crippen LogP contribution is -2.20. The molecule has 0 amide bonds. The molecule has 1 aromatic rings. The highest BCUT2D eigenvalue weighted by atomic mass is 16.4. The third kappa shape index (κ3) is 3.26. The predicted molar refractivity (Wildman–Crippen MR) is 79.1 cm³/mol. The first-order valence-corrected chi connectivity index (χ1v) is 7.53. The molecule has 1 aliphatic carbocycles. The molecule has 114 valence electrons. The van der Waals surface area contributed by atoms with Crippen molar-refractivity contribution in [2.24, 2.45) is 0 Å². The van der Waals surface area contributed by atoms with Crippen LogP contribution in [0.25, 0.3) is 0 Å². The van der Waals surface area contributed by atoms with Crippen LogP contribution in [0.15, 0.2) is 0 Å². The summed E-state index contributed by atoms with van der Waals surface area (Å²) < 4.78 is 1.94. The molecule has 0 saturated heterocycles. The molecule has 0 fully saturated rings. The maximum Gasteiger partial charge on any atom is 0.303 e. The van der Waals surface area contributed by atoms with Gasteiger partial charge in [-0.25, -0.2) is 0 Å². The summed E-state index contributed by atoms with van der Waals surface area (Å²) in [5, 5.41) is 22.7. The number of hydrogen-bond acceptors (Lipinski definition) is 3. The minimum atomic E-state index is -0.752. The Morgan fingerprint density at radius 2 is 2.24 bits per heavy atom. The minimum absolute atomic E-state index is 0.0521. The molecule has 0 saturated carbocycles. The second-order valence-electron chi connectivity index (χ2n) is 6.78. The second kappa shape index (κ2) is 5.88. The van der Waals surface area contributed by atoms with E-state index in [0.29, 0.717) is 13.0 Å². The zero-order valence-electron chi connectivity index (χ0n) is 13.0. The molecule has 1 atom stereocenters. The maximum atomic E-state index is 11.1. The number of hydrogen-bond donors (Lipinski definition) is 1. The Bertz CT molecular complexity index is 576. The van der Waals surface area contributed by atoms with E-state index in [0.717, 1.165) is 36.2 Å². The average Bonchev–Trinajstić information content (AvgIpc) is 2.75. The van der Waals surface area contributed by atoms with Gasteiger partial charge >= 0.3 is 5.97 Å². The number of carboxylic acid groups (broad SMARTS) is 1. The van der Waals surface area contributed by atoms with Crippen LogP contribution < -0.4 is 0 Å². The van der Waals surface area contributed by atoms with Crippen LogP contribution in [-0.2, 0) is 23.2 Å². The molecule has 0 radical (unpaired) electrons. The van der Waals surface area contributed by atoms with E-state index in [1.54, 1.807) is 0 Å². The van der Waals surface area contributed by atoms with Gasteiger partial charge in [0, 0.05) is 16.7 Å². The molecule has 1 heterocycles. The molecule has 2 rings (SSSR count). The molecule has 21 heavy (non-hydrogen) atoms. The molecule has 1 N–H and O–H groups in total. The molecule has 0 bridgehead atoms. The van der Waals surface area contributed by atoms with Crippen molar-refractivity contribution in [3.63, 3.8) is 0 Å².